The van der Waals surface area contributed by atoms with Gasteiger partial charge in [0, 0.05) is 13.1 Å². The number of hydrogen-bond donors (Lipinski definition) is 2. The van der Waals surface area contributed by atoms with Crippen LogP contribution >= 0.6 is 0 Å². The number of hydrogen-bond acceptors (Lipinski definition) is 4. The van der Waals surface area contributed by atoms with Crippen LogP contribution in [0.15, 0.2) is 36.9 Å². The lowest BCUT2D eigenvalue weighted by atomic mass is 10.2. The number of amides is 3. The first-order valence-electron chi connectivity index (χ1n) is 7.08. The molecular formula is C16H23N3O3. The van der Waals surface area contributed by atoms with E-state index >= 15 is 0 Å². The number of ether oxygens (including phenoxy) is 1. The fourth-order valence-corrected chi connectivity index (χ4v) is 1.73. The van der Waals surface area contributed by atoms with Crippen molar-refractivity contribution in [3.63, 3.8) is 0 Å². The molecule has 0 heterocycles. The van der Waals surface area contributed by atoms with Crippen LogP contribution in [0.25, 0.3) is 0 Å². The van der Waals surface area contributed by atoms with E-state index in [2.05, 4.69) is 17.2 Å². The monoisotopic (exact) mass is 305 g/mol. The first-order valence-corrected chi connectivity index (χ1v) is 7.08. The molecule has 1 rings (SSSR count). The third kappa shape index (κ3) is 6.90. The van der Waals surface area contributed by atoms with Crippen molar-refractivity contribution < 1.29 is 14.3 Å². The van der Waals surface area contributed by atoms with Gasteiger partial charge in [-0.15, -0.1) is 6.58 Å². The molecule has 6 nitrogen and oxygen atoms in total. The van der Waals surface area contributed by atoms with E-state index < -0.39 is 6.03 Å². The van der Waals surface area contributed by atoms with E-state index in [1.165, 1.54) is 0 Å². The number of rotatable bonds is 8. The lowest BCUT2D eigenvalue weighted by molar-refractivity contribution is -0.120. The molecule has 0 spiro atoms. The van der Waals surface area contributed by atoms with Crippen LogP contribution in [0.2, 0.25) is 0 Å². The Labute approximate surface area is 131 Å². The number of urea groups is 1. The summed E-state index contributed by atoms with van der Waals surface area (Å²) in [6.07, 6.45) is 1.54. The van der Waals surface area contributed by atoms with Gasteiger partial charge in [0.05, 0.1) is 6.54 Å². The SMILES string of the molecule is C=CCNC(=O)NC(=O)CN(C)CCOc1ccccc1C. The molecule has 1 aromatic rings. The van der Waals surface area contributed by atoms with Gasteiger partial charge < -0.3 is 10.1 Å². The Morgan fingerprint density at radius 2 is 2.09 bits per heavy atom. The minimum Gasteiger partial charge on any atom is -0.492 e. The number of para-hydroxylation sites is 1. The maximum absolute atomic E-state index is 11.6. The second kappa shape index (κ2) is 9.57. The van der Waals surface area contributed by atoms with Crippen molar-refractivity contribution in [2.45, 2.75) is 6.92 Å². The summed E-state index contributed by atoms with van der Waals surface area (Å²) >= 11 is 0. The Morgan fingerprint density at radius 3 is 2.77 bits per heavy atom. The van der Waals surface area contributed by atoms with Crippen molar-refractivity contribution in [2.24, 2.45) is 0 Å². The number of nitrogens with one attached hydrogen (secondary N) is 2. The molecule has 1 aromatic carbocycles. The number of carbonyl (C=O) groups excluding carboxylic acids is 2. The molecule has 0 aromatic heterocycles. The summed E-state index contributed by atoms with van der Waals surface area (Å²) in [6, 6.07) is 7.24. The largest absolute Gasteiger partial charge is 0.492 e. The fourth-order valence-electron chi connectivity index (χ4n) is 1.73. The molecule has 120 valence electrons. The van der Waals surface area contributed by atoms with E-state index in [0.29, 0.717) is 19.7 Å². The number of carbonyl (C=O) groups is 2. The summed E-state index contributed by atoms with van der Waals surface area (Å²) in [5.41, 5.74) is 1.07. The van der Waals surface area contributed by atoms with Crippen LogP contribution in [0.5, 0.6) is 5.75 Å². The second-order valence-electron chi connectivity index (χ2n) is 4.90. The summed E-state index contributed by atoms with van der Waals surface area (Å²) in [7, 11) is 1.79. The molecule has 0 aliphatic carbocycles. The Kier molecular flexibility index (Phi) is 7.70. The number of aryl methyl sites for hydroxylation is 1. The summed E-state index contributed by atoms with van der Waals surface area (Å²) in [5, 5.41) is 4.72. The van der Waals surface area contributed by atoms with Crippen LogP contribution in [-0.2, 0) is 4.79 Å². The highest BCUT2D eigenvalue weighted by Gasteiger charge is 2.10. The lowest BCUT2D eigenvalue weighted by Crippen LogP contribution is -2.44. The van der Waals surface area contributed by atoms with E-state index in [1.807, 2.05) is 31.2 Å². The average molecular weight is 305 g/mol. The Bertz CT molecular complexity index is 517. The van der Waals surface area contributed by atoms with E-state index in [1.54, 1.807) is 18.0 Å². The van der Waals surface area contributed by atoms with Crippen LogP contribution in [0.4, 0.5) is 4.79 Å². The number of nitrogens with zero attached hydrogens (tertiary/aromatic N) is 1. The highest BCUT2D eigenvalue weighted by atomic mass is 16.5. The standard InChI is InChI=1S/C16H23N3O3/c1-4-9-17-16(21)18-15(20)12-19(3)10-11-22-14-8-6-5-7-13(14)2/h4-8H,1,9-12H2,2-3H3,(H2,17,18,20,21). The molecule has 3 amide bonds. The predicted octanol–water partition coefficient (Wildman–Crippen LogP) is 1.32. The van der Waals surface area contributed by atoms with Gasteiger partial charge in [0.1, 0.15) is 12.4 Å². The Morgan fingerprint density at radius 1 is 1.36 bits per heavy atom. The minimum absolute atomic E-state index is 0.124. The third-order valence-electron chi connectivity index (χ3n) is 2.90. The smallest absolute Gasteiger partial charge is 0.321 e. The maximum Gasteiger partial charge on any atom is 0.321 e. The van der Waals surface area contributed by atoms with Gasteiger partial charge in [0.15, 0.2) is 0 Å². The molecule has 0 fully saturated rings. The zero-order chi connectivity index (χ0) is 16.4. The van der Waals surface area contributed by atoms with Crippen LogP contribution in [0.3, 0.4) is 0 Å². The van der Waals surface area contributed by atoms with Crippen molar-refractivity contribution in [1.29, 1.82) is 0 Å². The maximum atomic E-state index is 11.6. The van der Waals surface area contributed by atoms with Crippen molar-refractivity contribution in [3.05, 3.63) is 42.5 Å². The average Bonchev–Trinajstić information content (AvgIpc) is 2.47. The van der Waals surface area contributed by atoms with Gasteiger partial charge in [0.25, 0.3) is 0 Å². The zero-order valence-electron chi connectivity index (χ0n) is 13.1. The zero-order valence-corrected chi connectivity index (χ0v) is 13.1. The predicted molar refractivity (Wildman–Crippen MR) is 85.9 cm³/mol. The molecular weight excluding hydrogens is 282 g/mol. The molecule has 6 heteroatoms. The Balaban J connectivity index is 2.24. The number of imide groups is 1. The van der Waals surface area contributed by atoms with Crippen molar-refractivity contribution in [1.82, 2.24) is 15.5 Å². The van der Waals surface area contributed by atoms with Gasteiger partial charge in [-0.3, -0.25) is 15.0 Å². The van der Waals surface area contributed by atoms with Gasteiger partial charge in [-0.05, 0) is 25.6 Å². The highest BCUT2D eigenvalue weighted by molar-refractivity contribution is 5.95. The quantitative estimate of drug-likeness (QED) is 0.711. The van der Waals surface area contributed by atoms with E-state index in [0.717, 1.165) is 11.3 Å². The van der Waals surface area contributed by atoms with Gasteiger partial charge in [-0.2, -0.15) is 0 Å². The van der Waals surface area contributed by atoms with Gasteiger partial charge in [-0.25, -0.2) is 4.79 Å². The van der Waals surface area contributed by atoms with E-state index in [4.69, 9.17) is 4.74 Å². The van der Waals surface area contributed by atoms with Gasteiger partial charge >= 0.3 is 6.03 Å². The van der Waals surface area contributed by atoms with E-state index in [9.17, 15) is 9.59 Å². The summed E-state index contributed by atoms with van der Waals surface area (Å²) in [4.78, 5) is 24.7. The molecule has 0 radical (unpaired) electrons. The van der Waals surface area contributed by atoms with E-state index in [-0.39, 0.29) is 12.5 Å². The minimum atomic E-state index is -0.519. The normalized spacial score (nSPS) is 10.1. The molecule has 0 unspecified atom stereocenters. The molecule has 0 atom stereocenters. The van der Waals surface area contributed by atoms with Gasteiger partial charge in [-0.1, -0.05) is 24.3 Å². The van der Waals surface area contributed by atoms with Crippen molar-refractivity contribution >= 4 is 11.9 Å². The molecule has 0 saturated heterocycles. The molecule has 0 aliphatic rings. The van der Waals surface area contributed by atoms with Crippen LogP contribution in [0.1, 0.15) is 5.56 Å². The molecule has 0 aliphatic heterocycles. The molecule has 0 bridgehead atoms. The topological polar surface area (TPSA) is 70.7 Å². The molecule has 2 N–H and O–H groups in total. The first-order chi connectivity index (χ1) is 10.5. The number of likely N-dealkylation sites (N-methyl/N-ethyl adjacent to an activating group) is 1. The summed E-state index contributed by atoms with van der Waals surface area (Å²) < 4.78 is 5.66. The number of benzene rings is 1. The van der Waals surface area contributed by atoms with Gasteiger partial charge in [0.2, 0.25) is 5.91 Å². The molecule has 22 heavy (non-hydrogen) atoms. The second-order valence-corrected chi connectivity index (χ2v) is 4.90. The van der Waals surface area contributed by atoms with Crippen molar-refractivity contribution in [2.75, 3.05) is 33.3 Å². The lowest BCUT2D eigenvalue weighted by Gasteiger charge is -2.17. The van der Waals surface area contributed by atoms with Crippen LogP contribution in [0, 0.1) is 6.92 Å². The Hall–Kier alpha value is -2.34. The summed E-state index contributed by atoms with van der Waals surface area (Å²) in [6.45, 7) is 6.95. The van der Waals surface area contributed by atoms with Crippen molar-refractivity contribution in [3.8, 4) is 5.75 Å². The third-order valence-corrected chi connectivity index (χ3v) is 2.90. The fraction of sp³-hybridized carbons (Fsp3) is 0.375. The molecule has 0 saturated carbocycles. The van der Waals surface area contributed by atoms with Crippen LogP contribution < -0.4 is 15.4 Å². The first kappa shape index (κ1) is 17.7. The van der Waals surface area contributed by atoms with Crippen LogP contribution in [-0.4, -0.2) is 50.1 Å². The summed E-state index contributed by atoms with van der Waals surface area (Å²) in [5.74, 6) is 0.476. The highest BCUT2D eigenvalue weighted by Crippen LogP contribution is 2.15.